The molecule has 3 N–H and O–H groups in total. The molecule has 0 aliphatic rings. The molecule has 5 atom stereocenters. The summed E-state index contributed by atoms with van der Waals surface area (Å²) < 4.78 is 68.0. The summed E-state index contributed by atoms with van der Waals surface area (Å²) >= 11 is 0. The lowest BCUT2D eigenvalue weighted by molar-refractivity contribution is -0.161. The lowest BCUT2D eigenvalue weighted by Gasteiger charge is -2.21. The highest BCUT2D eigenvalue weighted by atomic mass is 31.2. The number of phosphoric ester groups is 2. The number of unbranched alkanes of at least 4 members (excludes halogenated alkanes) is 37. The molecule has 0 fully saturated rings. The average Bonchev–Trinajstić information content (AvgIpc) is 3.57. The summed E-state index contributed by atoms with van der Waals surface area (Å²) in [5, 5.41) is 10.5. The third-order valence-corrected chi connectivity index (χ3v) is 16.9. The standard InChI is InChI=1S/C65H126O17P2/c1-6-9-12-15-18-21-23-24-25-26-29-36-41-46-51-65(70)82-61(55-76-63(68)49-44-39-34-31-30-32-37-42-47-58(4)5)57-80-84(73,74)78-53-59(66)52-77-83(71,72)79-56-60(54-75-62(67)48-43-38-33-27-20-17-14-11-8-3)81-64(69)50-45-40-35-28-22-19-16-13-10-7-2/h58-61,66H,6-57H2,1-5H3,(H,71,72)(H,73,74)/t59-,60+,61+/m0/s1. The number of carbonyl (C=O) groups excluding carboxylic acids is 4. The molecule has 0 saturated heterocycles. The van der Waals surface area contributed by atoms with Crippen molar-refractivity contribution < 1.29 is 80.2 Å². The second-order valence-corrected chi connectivity index (χ2v) is 26.9. The molecule has 0 radical (unpaired) electrons. The third-order valence-electron chi connectivity index (χ3n) is 15.0. The van der Waals surface area contributed by atoms with Crippen molar-refractivity contribution in [3.05, 3.63) is 0 Å². The zero-order chi connectivity index (χ0) is 62.0. The molecule has 0 aliphatic carbocycles. The highest BCUT2D eigenvalue weighted by molar-refractivity contribution is 7.47. The molecule has 0 bridgehead atoms. The van der Waals surface area contributed by atoms with E-state index in [0.717, 1.165) is 95.8 Å². The maximum atomic E-state index is 13.0. The first kappa shape index (κ1) is 82.1. The summed E-state index contributed by atoms with van der Waals surface area (Å²) in [6.07, 6.45) is 43.0. The molecule has 19 heteroatoms. The van der Waals surface area contributed by atoms with Gasteiger partial charge < -0.3 is 33.8 Å². The minimum Gasteiger partial charge on any atom is -0.462 e. The number of esters is 4. The van der Waals surface area contributed by atoms with Gasteiger partial charge in [0, 0.05) is 25.7 Å². The molecule has 0 amide bonds. The minimum absolute atomic E-state index is 0.106. The first-order valence-corrected chi connectivity index (χ1v) is 37.1. The van der Waals surface area contributed by atoms with Gasteiger partial charge >= 0.3 is 39.5 Å². The van der Waals surface area contributed by atoms with E-state index in [1.165, 1.54) is 154 Å². The van der Waals surface area contributed by atoms with Gasteiger partial charge in [0.05, 0.1) is 26.4 Å². The summed E-state index contributed by atoms with van der Waals surface area (Å²) in [6, 6.07) is 0. The van der Waals surface area contributed by atoms with E-state index in [1.54, 1.807) is 0 Å². The summed E-state index contributed by atoms with van der Waals surface area (Å²) in [6.45, 7) is 7.15. The van der Waals surface area contributed by atoms with Crippen molar-refractivity contribution in [3.8, 4) is 0 Å². The number of ether oxygens (including phenoxy) is 4. The van der Waals surface area contributed by atoms with Crippen molar-refractivity contribution in [1.82, 2.24) is 0 Å². The Bertz CT molecular complexity index is 1640. The highest BCUT2D eigenvalue weighted by Gasteiger charge is 2.30. The van der Waals surface area contributed by atoms with Crippen molar-refractivity contribution in [2.75, 3.05) is 39.6 Å². The van der Waals surface area contributed by atoms with Gasteiger partial charge in [-0.2, -0.15) is 0 Å². The van der Waals surface area contributed by atoms with Gasteiger partial charge in [-0.1, -0.05) is 279 Å². The Morgan fingerprint density at radius 3 is 0.810 bits per heavy atom. The second-order valence-electron chi connectivity index (χ2n) is 24.0. The summed E-state index contributed by atoms with van der Waals surface area (Å²) in [7, 11) is -9.88. The minimum atomic E-state index is -4.94. The fraction of sp³-hybridized carbons (Fsp3) is 0.938. The normalized spacial score (nSPS) is 14.2. The van der Waals surface area contributed by atoms with Gasteiger partial charge in [-0.25, -0.2) is 9.13 Å². The van der Waals surface area contributed by atoms with Crippen LogP contribution in [0.1, 0.15) is 330 Å². The van der Waals surface area contributed by atoms with Crippen LogP contribution in [-0.4, -0.2) is 96.7 Å². The number of rotatable bonds is 65. The van der Waals surface area contributed by atoms with Crippen LogP contribution in [-0.2, 0) is 65.4 Å². The first-order valence-electron chi connectivity index (χ1n) is 34.1. The number of hydrogen-bond donors (Lipinski definition) is 3. The van der Waals surface area contributed by atoms with E-state index in [2.05, 4.69) is 34.6 Å². The van der Waals surface area contributed by atoms with E-state index in [-0.39, 0.29) is 25.7 Å². The molecule has 0 heterocycles. The number of aliphatic hydroxyl groups is 1. The zero-order valence-corrected chi connectivity index (χ0v) is 55.8. The summed E-state index contributed by atoms with van der Waals surface area (Å²) in [5.41, 5.74) is 0. The van der Waals surface area contributed by atoms with E-state index < -0.39 is 97.5 Å². The van der Waals surface area contributed by atoms with Crippen LogP contribution in [0.25, 0.3) is 0 Å². The van der Waals surface area contributed by atoms with Crippen molar-refractivity contribution in [2.45, 2.75) is 348 Å². The van der Waals surface area contributed by atoms with Crippen LogP contribution in [0.15, 0.2) is 0 Å². The van der Waals surface area contributed by atoms with Crippen LogP contribution < -0.4 is 0 Å². The van der Waals surface area contributed by atoms with Crippen LogP contribution >= 0.6 is 15.6 Å². The van der Waals surface area contributed by atoms with Crippen LogP contribution in [0.2, 0.25) is 0 Å². The predicted molar refractivity (Wildman–Crippen MR) is 335 cm³/mol. The molecular formula is C65H126O17P2. The van der Waals surface area contributed by atoms with Crippen LogP contribution in [0, 0.1) is 5.92 Å². The Hall–Kier alpha value is -1.94. The van der Waals surface area contributed by atoms with Crippen LogP contribution in [0.4, 0.5) is 0 Å². The molecule has 0 spiro atoms. The van der Waals surface area contributed by atoms with E-state index >= 15 is 0 Å². The second kappa shape index (κ2) is 58.7. The quantitative estimate of drug-likeness (QED) is 0.0222. The molecular weight excluding hydrogens is 1110 g/mol. The van der Waals surface area contributed by atoms with Crippen molar-refractivity contribution in [2.24, 2.45) is 5.92 Å². The number of hydrogen-bond acceptors (Lipinski definition) is 15. The largest absolute Gasteiger partial charge is 0.472 e. The summed E-state index contributed by atoms with van der Waals surface area (Å²) in [4.78, 5) is 72.2. The molecule has 0 aromatic heterocycles. The van der Waals surface area contributed by atoms with E-state index in [0.29, 0.717) is 25.7 Å². The fourth-order valence-corrected chi connectivity index (χ4v) is 11.3. The smallest absolute Gasteiger partial charge is 0.462 e. The SMILES string of the molecule is CCCCCCCCCCCCCCCCC(=O)O[C@H](COC(=O)CCCCCCCCCCC(C)C)COP(=O)(O)OC[C@@H](O)COP(=O)(O)OC[C@@H](COC(=O)CCCCCCCCCCC)OC(=O)CCCCCCCCCCCC. The van der Waals surface area contributed by atoms with Crippen molar-refractivity contribution in [3.63, 3.8) is 0 Å². The average molecular weight is 1240 g/mol. The van der Waals surface area contributed by atoms with Gasteiger partial charge in [-0.3, -0.25) is 37.3 Å². The molecule has 0 aromatic rings. The zero-order valence-electron chi connectivity index (χ0n) is 54.0. The molecule has 0 aliphatic heterocycles. The maximum absolute atomic E-state index is 13.0. The van der Waals surface area contributed by atoms with Gasteiger partial charge in [-0.05, 0) is 31.6 Å². The molecule has 2 unspecified atom stereocenters. The third kappa shape index (κ3) is 59.0. The topological polar surface area (TPSA) is 237 Å². The molecule has 84 heavy (non-hydrogen) atoms. The Kier molecular flexibility index (Phi) is 57.4. The van der Waals surface area contributed by atoms with Crippen LogP contribution in [0.5, 0.6) is 0 Å². The van der Waals surface area contributed by atoms with E-state index in [9.17, 15) is 43.2 Å². The van der Waals surface area contributed by atoms with Crippen molar-refractivity contribution >= 4 is 39.5 Å². The van der Waals surface area contributed by atoms with E-state index in [4.69, 9.17) is 37.0 Å². The number of carbonyl (C=O) groups is 4. The molecule has 498 valence electrons. The monoisotopic (exact) mass is 1240 g/mol. The predicted octanol–water partition coefficient (Wildman–Crippen LogP) is 18.2. The number of aliphatic hydroxyl groups excluding tert-OH is 1. The van der Waals surface area contributed by atoms with Gasteiger partial charge in [0.1, 0.15) is 19.3 Å². The van der Waals surface area contributed by atoms with Gasteiger partial charge in [-0.15, -0.1) is 0 Å². The molecule has 0 rings (SSSR count). The summed E-state index contributed by atoms with van der Waals surface area (Å²) in [5.74, 6) is -1.40. The number of phosphoric acid groups is 2. The lowest BCUT2D eigenvalue weighted by Crippen LogP contribution is -2.30. The Morgan fingerprint density at radius 1 is 0.321 bits per heavy atom. The first-order chi connectivity index (χ1) is 40.5. The van der Waals surface area contributed by atoms with Gasteiger partial charge in [0.25, 0.3) is 0 Å². The Labute approximate surface area is 511 Å². The van der Waals surface area contributed by atoms with E-state index in [1.807, 2.05) is 0 Å². The maximum Gasteiger partial charge on any atom is 0.472 e. The van der Waals surface area contributed by atoms with Gasteiger partial charge in [0.2, 0.25) is 0 Å². The molecule has 17 nitrogen and oxygen atoms in total. The van der Waals surface area contributed by atoms with Gasteiger partial charge in [0.15, 0.2) is 12.2 Å². The highest BCUT2D eigenvalue weighted by Crippen LogP contribution is 2.45. The molecule has 0 aromatic carbocycles. The Balaban J connectivity index is 5.23. The Morgan fingerprint density at radius 2 is 0.548 bits per heavy atom. The fourth-order valence-electron chi connectivity index (χ4n) is 9.76. The van der Waals surface area contributed by atoms with Crippen LogP contribution in [0.3, 0.4) is 0 Å². The molecule has 0 saturated carbocycles. The lowest BCUT2D eigenvalue weighted by atomic mass is 10.0. The van der Waals surface area contributed by atoms with Crippen molar-refractivity contribution in [1.29, 1.82) is 0 Å².